The zero-order chi connectivity index (χ0) is 22.5. The lowest BCUT2D eigenvalue weighted by Gasteiger charge is -2.20. The first-order valence-corrected chi connectivity index (χ1v) is 10.9. The van der Waals surface area contributed by atoms with Crippen LogP contribution < -0.4 is 15.0 Å². The number of carbonyl (C=O) groups excluding carboxylic acids is 1. The molecule has 32 heavy (non-hydrogen) atoms. The second-order valence-corrected chi connectivity index (χ2v) is 8.31. The first-order valence-electron chi connectivity index (χ1n) is 10.5. The quantitative estimate of drug-likeness (QED) is 0.389. The van der Waals surface area contributed by atoms with Crippen LogP contribution in [0.1, 0.15) is 17.0 Å². The predicted molar refractivity (Wildman–Crippen MR) is 131 cm³/mol. The van der Waals surface area contributed by atoms with E-state index in [0.717, 1.165) is 27.7 Å². The second-order valence-electron chi connectivity index (χ2n) is 7.87. The summed E-state index contributed by atoms with van der Waals surface area (Å²) < 4.78 is 5.58. The maximum absolute atomic E-state index is 12.5. The third kappa shape index (κ3) is 5.06. The number of rotatable bonds is 8. The molecule has 1 atom stereocenters. The number of hydrogen-bond acceptors (Lipinski definition) is 3. The number of halogens is 1. The van der Waals surface area contributed by atoms with Crippen LogP contribution in [0.2, 0.25) is 5.02 Å². The van der Waals surface area contributed by atoms with Crippen molar-refractivity contribution in [2.45, 2.75) is 5.92 Å². The summed E-state index contributed by atoms with van der Waals surface area (Å²) in [5.41, 5.74) is 4.50. The number of fused-ring (bicyclic) bond motifs is 1. The highest BCUT2D eigenvalue weighted by Crippen LogP contribution is 2.31. The van der Waals surface area contributed by atoms with E-state index in [0.29, 0.717) is 17.3 Å². The lowest BCUT2D eigenvalue weighted by atomic mass is 9.90. The van der Waals surface area contributed by atoms with Crippen molar-refractivity contribution >= 4 is 34.1 Å². The van der Waals surface area contributed by atoms with Crippen molar-refractivity contribution < 1.29 is 9.53 Å². The number of aromatic nitrogens is 1. The van der Waals surface area contributed by atoms with E-state index in [-0.39, 0.29) is 18.4 Å². The zero-order valence-electron chi connectivity index (χ0n) is 18.1. The first kappa shape index (κ1) is 21.8. The molecule has 0 saturated carbocycles. The summed E-state index contributed by atoms with van der Waals surface area (Å²) in [5.74, 6) is 0.438. The predicted octanol–water partition coefficient (Wildman–Crippen LogP) is 5.21. The number of para-hydroxylation sites is 1. The van der Waals surface area contributed by atoms with Gasteiger partial charge >= 0.3 is 0 Å². The second kappa shape index (κ2) is 9.79. The Hall–Kier alpha value is -3.44. The number of carbonyl (C=O) groups is 1. The normalized spacial score (nSPS) is 11.8. The molecule has 1 heterocycles. The number of benzene rings is 3. The molecule has 3 aromatic carbocycles. The van der Waals surface area contributed by atoms with E-state index in [9.17, 15) is 4.79 Å². The van der Waals surface area contributed by atoms with Crippen molar-refractivity contribution in [3.05, 3.63) is 95.1 Å². The van der Waals surface area contributed by atoms with Crippen LogP contribution in [-0.4, -0.2) is 38.1 Å². The van der Waals surface area contributed by atoms with E-state index in [2.05, 4.69) is 51.6 Å². The molecule has 164 valence electrons. The molecule has 0 bridgehead atoms. The number of amides is 1. The summed E-state index contributed by atoms with van der Waals surface area (Å²) in [6, 6.07) is 23.6. The number of ether oxygens (including phenoxy) is 1. The molecule has 1 amide bonds. The highest BCUT2D eigenvalue weighted by molar-refractivity contribution is 6.30. The van der Waals surface area contributed by atoms with Gasteiger partial charge < -0.3 is 19.9 Å². The molecule has 0 spiro atoms. The van der Waals surface area contributed by atoms with Gasteiger partial charge in [0.2, 0.25) is 0 Å². The van der Waals surface area contributed by atoms with Crippen molar-refractivity contribution in [2.24, 2.45) is 0 Å². The van der Waals surface area contributed by atoms with Gasteiger partial charge in [-0.25, -0.2) is 0 Å². The molecule has 0 aliphatic carbocycles. The molecule has 6 heteroatoms. The Kier molecular flexibility index (Phi) is 6.66. The number of anilines is 1. The van der Waals surface area contributed by atoms with Crippen molar-refractivity contribution in [1.29, 1.82) is 0 Å². The van der Waals surface area contributed by atoms with E-state index in [1.165, 1.54) is 0 Å². The van der Waals surface area contributed by atoms with Gasteiger partial charge in [0.05, 0.1) is 0 Å². The largest absolute Gasteiger partial charge is 0.484 e. The molecule has 2 N–H and O–H groups in total. The molecule has 4 aromatic rings. The maximum atomic E-state index is 12.5. The number of aromatic amines is 1. The molecule has 5 nitrogen and oxygen atoms in total. The maximum Gasteiger partial charge on any atom is 0.257 e. The van der Waals surface area contributed by atoms with Gasteiger partial charge in [-0.05, 0) is 53.6 Å². The van der Waals surface area contributed by atoms with Crippen LogP contribution in [0.25, 0.3) is 10.9 Å². The minimum Gasteiger partial charge on any atom is -0.484 e. The zero-order valence-corrected chi connectivity index (χ0v) is 18.9. The molecule has 0 fully saturated rings. The summed E-state index contributed by atoms with van der Waals surface area (Å²) in [6.45, 7) is 0.410. The van der Waals surface area contributed by atoms with Crippen molar-refractivity contribution in [1.82, 2.24) is 10.3 Å². The lowest BCUT2D eigenvalue weighted by Crippen LogP contribution is -2.32. The fourth-order valence-electron chi connectivity index (χ4n) is 3.74. The highest BCUT2D eigenvalue weighted by atomic mass is 35.5. The molecular weight excluding hydrogens is 422 g/mol. The Bertz CT molecular complexity index is 1180. The summed E-state index contributed by atoms with van der Waals surface area (Å²) >= 11 is 5.89. The third-order valence-electron chi connectivity index (χ3n) is 5.50. The van der Waals surface area contributed by atoms with Crippen molar-refractivity contribution in [2.75, 3.05) is 32.1 Å². The van der Waals surface area contributed by atoms with Gasteiger partial charge in [-0.3, -0.25) is 4.79 Å². The van der Waals surface area contributed by atoms with Crippen LogP contribution in [0.3, 0.4) is 0 Å². The van der Waals surface area contributed by atoms with Gasteiger partial charge in [-0.15, -0.1) is 0 Å². The Balaban J connectivity index is 1.51. The van der Waals surface area contributed by atoms with Gasteiger partial charge in [0.1, 0.15) is 5.75 Å². The third-order valence-corrected chi connectivity index (χ3v) is 5.75. The first-order chi connectivity index (χ1) is 15.5. The molecule has 0 unspecified atom stereocenters. The van der Waals surface area contributed by atoms with Crippen LogP contribution in [0.4, 0.5) is 5.69 Å². The molecule has 0 aliphatic rings. The van der Waals surface area contributed by atoms with E-state index < -0.39 is 0 Å². The van der Waals surface area contributed by atoms with E-state index >= 15 is 0 Å². The van der Waals surface area contributed by atoms with Gasteiger partial charge in [0.15, 0.2) is 6.61 Å². The topological polar surface area (TPSA) is 57.4 Å². The SMILES string of the molecule is CN(C)c1ccc([C@H](CNC(=O)COc2ccc(Cl)cc2)c2c[nH]c3ccccc23)cc1. The average molecular weight is 448 g/mol. The summed E-state index contributed by atoms with van der Waals surface area (Å²) in [5, 5.41) is 4.82. The minimum atomic E-state index is -0.172. The Morgan fingerprint density at radius 2 is 1.75 bits per heavy atom. The summed E-state index contributed by atoms with van der Waals surface area (Å²) in [7, 11) is 4.04. The highest BCUT2D eigenvalue weighted by Gasteiger charge is 2.19. The lowest BCUT2D eigenvalue weighted by molar-refractivity contribution is -0.123. The molecule has 0 saturated heterocycles. The van der Waals surface area contributed by atoms with Crippen LogP contribution >= 0.6 is 11.6 Å². The average Bonchev–Trinajstić information content (AvgIpc) is 3.23. The van der Waals surface area contributed by atoms with Gasteiger partial charge in [-0.2, -0.15) is 0 Å². The van der Waals surface area contributed by atoms with Crippen LogP contribution in [-0.2, 0) is 4.79 Å². The van der Waals surface area contributed by atoms with Gasteiger partial charge in [-0.1, -0.05) is 41.9 Å². The monoisotopic (exact) mass is 447 g/mol. The van der Waals surface area contributed by atoms with Crippen LogP contribution in [0, 0.1) is 0 Å². The molecular formula is C26H26ClN3O2. The summed E-state index contributed by atoms with van der Waals surface area (Å²) in [6.07, 6.45) is 2.03. The minimum absolute atomic E-state index is 0.00171. The van der Waals surface area contributed by atoms with E-state index in [1.807, 2.05) is 32.4 Å². The van der Waals surface area contributed by atoms with Gasteiger partial charge in [0, 0.05) is 54.4 Å². The molecule has 0 aliphatic heterocycles. The fourth-order valence-corrected chi connectivity index (χ4v) is 3.87. The molecule has 0 radical (unpaired) electrons. The number of H-pyrrole nitrogens is 1. The van der Waals surface area contributed by atoms with Crippen molar-refractivity contribution in [3.8, 4) is 5.75 Å². The van der Waals surface area contributed by atoms with Gasteiger partial charge in [0.25, 0.3) is 5.91 Å². The number of nitrogens with zero attached hydrogens (tertiary/aromatic N) is 1. The van der Waals surface area contributed by atoms with Crippen LogP contribution in [0.5, 0.6) is 5.75 Å². The molecule has 4 rings (SSSR count). The standard InChI is InChI=1S/C26H26ClN3O2/c1-30(2)20-11-7-18(8-12-20)23(24-16-28-25-6-4-3-5-22(24)25)15-29-26(31)17-32-21-13-9-19(27)10-14-21/h3-14,16,23,28H,15,17H2,1-2H3,(H,29,31)/t23-/m0/s1. The summed E-state index contributed by atoms with van der Waals surface area (Å²) in [4.78, 5) is 17.9. The van der Waals surface area contributed by atoms with Crippen LogP contribution in [0.15, 0.2) is 79.0 Å². The van der Waals surface area contributed by atoms with E-state index in [4.69, 9.17) is 16.3 Å². The number of nitrogens with one attached hydrogen (secondary N) is 2. The smallest absolute Gasteiger partial charge is 0.257 e. The molecule has 1 aromatic heterocycles. The number of hydrogen-bond donors (Lipinski definition) is 2. The van der Waals surface area contributed by atoms with Crippen molar-refractivity contribution in [3.63, 3.8) is 0 Å². The Morgan fingerprint density at radius 1 is 1.03 bits per heavy atom. The fraction of sp³-hybridized carbons (Fsp3) is 0.192. The Labute approximate surface area is 193 Å². The Morgan fingerprint density at radius 3 is 2.47 bits per heavy atom. The van der Waals surface area contributed by atoms with E-state index in [1.54, 1.807) is 24.3 Å².